The molecule has 1 saturated carbocycles. The number of sulfonamides is 1. The van der Waals surface area contributed by atoms with E-state index in [-0.39, 0.29) is 58.7 Å². The first-order valence-electron chi connectivity index (χ1n) is 14.9. The molecule has 2 fully saturated rings. The Balaban J connectivity index is 1.17. The molecular formula is C29H37ClF3N7O4S. The van der Waals surface area contributed by atoms with Gasteiger partial charge in [0.2, 0.25) is 5.88 Å². The number of nitrogens with zero attached hydrogens (tertiary/aromatic N) is 4. The molecular weight excluding hydrogens is 635 g/mol. The van der Waals surface area contributed by atoms with E-state index >= 15 is 0 Å². The molecule has 3 N–H and O–H groups in total. The molecule has 11 nitrogen and oxygen atoms in total. The number of unbranched alkanes of at least 4 members (excludes halogenated alkanes) is 1. The second kappa shape index (κ2) is 12.6. The summed E-state index contributed by atoms with van der Waals surface area (Å²) in [6.07, 6.45) is 1.51. The highest BCUT2D eigenvalue weighted by Crippen LogP contribution is 2.59. The summed E-state index contributed by atoms with van der Waals surface area (Å²) < 4.78 is 74.7. The Labute approximate surface area is 264 Å². The van der Waals surface area contributed by atoms with Gasteiger partial charge < -0.3 is 10.1 Å². The predicted octanol–water partition coefficient (Wildman–Crippen LogP) is 5.28. The highest BCUT2D eigenvalue weighted by Gasteiger charge is 2.62. The molecule has 0 bridgehead atoms. The van der Waals surface area contributed by atoms with Crippen LogP contribution in [0.3, 0.4) is 0 Å². The molecule has 0 aromatic carbocycles. The van der Waals surface area contributed by atoms with E-state index in [4.69, 9.17) is 16.3 Å². The van der Waals surface area contributed by atoms with E-state index in [2.05, 4.69) is 44.2 Å². The van der Waals surface area contributed by atoms with Crippen LogP contribution < -0.4 is 14.8 Å². The normalized spacial score (nSPS) is 19.0. The molecule has 45 heavy (non-hydrogen) atoms. The van der Waals surface area contributed by atoms with E-state index in [1.54, 1.807) is 6.92 Å². The number of aryl methyl sites for hydroxylation is 2. The number of rotatable bonds is 13. The van der Waals surface area contributed by atoms with Gasteiger partial charge in [0.1, 0.15) is 10.0 Å². The van der Waals surface area contributed by atoms with Gasteiger partial charge in [-0.2, -0.15) is 18.3 Å². The van der Waals surface area contributed by atoms with Crippen LogP contribution in [0.2, 0.25) is 5.15 Å². The first-order valence-corrected chi connectivity index (χ1v) is 16.7. The summed E-state index contributed by atoms with van der Waals surface area (Å²) in [4.78, 5) is 17.1. The van der Waals surface area contributed by atoms with Crippen LogP contribution in [0.25, 0.3) is 5.82 Å². The summed E-state index contributed by atoms with van der Waals surface area (Å²) in [6.45, 7) is 6.78. The number of amides is 1. The predicted molar refractivity (Wildman–Crippen MR) is 160 cm³/mol. The fourth-order valence-electron chi connectivity index (χ4n) is 5.85. The third kappa shape index (κ3) is 7.63. The minimum absolute atomic E-state index is 0.0628. The number of hydrogen-bond acceptors (Lipinski definition) is 8. The summed E-state index contributed by atoms with van der Waals surface area (Å²) in [7, 11) is -4.29. The minimum Gasteiger partial charge on any atom is -0.477 e. The maximum atomic E-state index is 13.3. The van der Waals surface area contributed by atoms with Gasteiger partial charge in [0, 0.05) is 17.8 Å². The zero-order valence-electron chi connectivity index (χ0n) is 25.3. The number of carbonyl (C=O) groups excluding carboxylic acids is 1. The number of aromatic amines is 1. The van der Waals surface area contributed by atoms with Crippen molar-refractivity contribution < 1.29 is 31.1 Å². The molecule has 2 aliphatic rings. The topological polar surface area (TPSA) is 144 Å². The summed E-state index contributed by atoms with van der Waals surface area (Å²) >= 11 is 6.27. The first kappa shape index (κ1) is 33.2. The number of nitrogens with one attached hydrogen (secondary N) is 3. The Hall–Kier alpha value is -3.17. The number of carbonyl (C=O) groups is 1. The average Bonchev–Trinajstić information content (AvgIpc) is 3.25. The van der Waals surface area contributed by atoms with Crippen LogP contribution in [-0.2, 0) is 16.4 Å². The zero-order valence-corrected chi connectivity index (χ0v) is 26.9. The minimum atomic E-state index is -4.29. The molecule has 0 radical (unpaired) electrons. The number of halogens is 4. The first-order chi connectivity index (χ1) is 21.1. The van der Waals surface area contributed by atoms with Crippen molar-refractivity contribution in [2.75, 3.05) is 13.2 Å². The molecule has 1 saturated heterocycles. The van der Waals surface area contributed by atoms with Gasteiger partial charge in [-0.15, -0.1) is 5.10 Å². The van der Waals surface area contributed by atoms with E-state index < -0.39 is 27.5 Å². The Bertz CT molecular complexity index is 1650. The van der Waals surface area contributed by atoms with E-state index in [1.807, 2.05) is 0 Å². The van der Waals surface area contributed by atoms with Crippen LogP contribution in [0.4, 0.5) is 13.2 Å². The van der Waals surface area contributed by atoms with Crippen LogP contribution in [0.1, 0.15) is 80.5 Å². The standard InChI is InChI=1S/C29H37ClF3N7O4S/c1-18-24(21(37-36-18)7-5-4-6-19-16-27(2,3)34-17-19)45(42,43)39-26(41)20-8-9-22(35-25(20)30)40-14-10-23(38-40)44-15-13-28(11-12-28)29(31,32)33/h8-10,14,19,34H,4-7,11-13,15-17H2,1-3H3,(H,36,37)(H,39,41)/t19-/m0/s1. The Morgan fingerprint density at radius 2 is 1.98 bits per heavy atom. The molecule has 3 aromatic rings. The Morgan fingerprint density at radius 1 is 1.22 bits per heavy atom. The molecule has 3 aromatic heterocycles. The van der Waals surface area contributed by atoms with Crippen LogP contribution >= 0.6 is 11.6 Å². The lowest BCUT2D eigenvalue weighted by molar-refractivity contribution is -0.190. The van der Waals surface area contributed by atoms with Gasteiger partial charge in [-0.3, -0.25) is 9.89 Å². The smallest absolute Gasteiger partial charge is 0.394 e. The van der Waals surface area contributed by atoms with Crippen LogP contribution in [0.15, 0.2) is 29.3 Å². The SMILES string of the molecule is Cc1[nH]nc(CCCC[C@@H]2CNC(C)(C)C2)c1S(=O)(=O)NC(=O)c1ccc(-n2ccc(OCCC3(C(F)(F)F)CC3)n2)nc1Cl. The fourth-order valence-corrected chi connectivity index (χ4v) is 7.45. The lowest BCUT2D eigenvalue weighted by Crippen LogP contribution is -2.31. The highest BCUT2D eigenvalue weighted by atomic mass is 35.5. The molecule has 4 heterocycles. The summed E-state index contributed by atoms with van der Waals surface area (Å²) in [5.74, 6) is -0.0915. The number of alkyl halides is 3. The maximum absolute atomic E-state index is 13.3. The molecule has 246 valence electrons. The van der Waals surface area contributed by atoms with Crippen molar-refractivity contribution in [2.24, 2.45) is 11.3 Å². The second-order valence-electron chi connectivity index (χ2n) is 12.6. The lowest BCUT2D eigenvalue weighted by Gasteiger charge is -2.18. The van der Waals surface area contributed by atoms with Crippen molar-refractivity contribution in [3.05, 3.63) is 46.5 Å². The van der Waals surface area contributed by atoms with E-state index in [0.29, 0.717) is 23.7 Å². The van der Waals surface area contributed by atoms with Crippen molar-refractivity contribution in [2.45, 2.75) is 88.7 Å². The van der Waals surface area contributed by atoms with Crippen LogP contribution in [-0.4, -0.2) is 64.2 Å². The third-order valence-electron chi connectivity index (χ3n) is 8.56. The monoisotopic (exact) mass is 671 g/mol. The molecule has 0 unspecified atom stereocenters. The molecule has 1 amide bonds. The van der Waals surface area contributed by atoms with Crippen molar-refractivity contribution in [1.29, 1.82) is 0 Å². The second-order valence-corrected chi connectivity index (χ2v) is 14.6. The van der Waals surface area contributed by atoms with E-state index in [0.717, 1.165) is 32.2 Å². The van der Waals surface area contributed by atoms with Gasteiger partial charge in [0.25, 0.3) is 15.9 Å². The van der Waals surface area contributed by atoms with Crippen LogP contribution in [0.5, 0.6) is 5.88 Å². The van der Waals surface area contributed by atoms with Crippen LogP contribution in [0, 0.1) is 18.3 Å². The maximum Gasteiger partial charge on any atom is 0.394 e. The number of aromatic nitrogens is 5. The van der Waals surface area contributed by atoms with E-state index in [9.17, 15) is 26.4 Å². The highest BCUT2D eigenvalue weighted by molar-refractivity contribution is 7.90. The quantitative estimate of drug-likeness (QED) is 0.164. The van der Waals surface area contributed by atoms with Gasteiger partial charge in [-0.1, -0.05) is 18.0 Å². The average molecular weight is 672 g/mol. The van der Waals surface area contributed by atoms with Crippen molar-refractivity contribution in [3.8, 4) is 11.7 Å². The van der Waals surface area contributed by atoms with Crippen molar-refractivity contribution in [3.63, 3.8) is 0 Å². The molecule has 1 atom stereocenters. The van der Waals surface area contributed by atoms with Gasteiger partial charge in [0.15, 0.2) is 5.82 Å². The zero-order chi connectivity index (χ0) is 32.6. The number of pyridine rings is 1. The number of H-pyrrole nitrogens is 1. The molecule has 0 spiro atoms. The van der Waals surface area contributed by atoms with Crippen molar-refractivity contribution >= 4 is 27.5 Å². The van der Waals surface area contributed by atoms with E-state index in [1.165, 1.54) is 29.1 Å². The van der Waals surface area contributed by atoms with Gasteiger partial charge >= 0.3 is 6.18 Å². The summed E-state index contributed by atoms with van der Waals surface area (Å²) in [6, 6.07) is 4.18. The van der Waals surface area contributed by atoms with Gasteiger partial charge in [-0.05, 0) is 90.3 Å². The lowest BCUT2D eigenvalue weighted by atomic mass is 9.93. The molecule has 16 heteroatoms. The molecule has 5 rings (SSSR count). The Kier molecular flexibility index (Phi) is 9.26. The fraction of sp³-hybridized carbons (Fsp3) is 0.586. The van der Waals surface area contributed by atoms with Gasteiger partial charge in [0.05, 0.1) is 29.0 Å². The largest absolute Gasteiger partial charge is 0.477 e. The van der Waals surface area contributed by atoms with Gasteiger partial charge in [-0.25, -0.2) is 22.8 Å². The third-order valence-corrected chi connectivity index (χ3v) is 10.4. The summed E-state index contributed by atoms with van der Waals surface area (Å²) in [5, 5.41) is 14.3. The molecule has 1 aliphatic heterocycles. The Morgan fingerprint density at radius 3 is 2.62 bits per heavy atom. The number of ether oxygens (including phenoxy) is 1. The molecule has 1 aliphatic carbocycles. The van der Waals surface area contributed by atoms with Crippen molar-refractivity contribution in [1.82, 2.24) is 35.0 Å². The summed E-state index contributed by atoms with van der Waals surface area (Å²) in [5.41, 5.74) is -1.03. The number of hydrogen-bond donors (Lipinski definition) is 3.